The molecule has 2 N–H and O–H groups in total. The topological polar surface area (TPSA) is 70.7 Å². The number of benzene rings is 1. The molecule has 2 fully saturated rings. The van der Waals surface area contributed by atoms with E-state index in [0.29, 0.717) is 23.3 Å². The Kier molecular flexibility index (Phi) is 7.71. The second-order valence-corrected chi connectivity index (χ2v) is 8.15. The van der Waals surface area contributed by atoms with Gasteiger partial charge in [-0.05, 0) is 50.3 Å². The van der Waals surface area contributed by atoms with Crippen molar-refractivity contribution in [3.8, 4) is 0 Å². The third-order valence-electron chi connectivity index (χ3n) is 5.64. The Labute approximate surface area is 171 Å². The lowest BCUT2D eigenvalue weighted by atomic mass is 10.1. The van der Waals surface area contributed by atoms with Gasteiger partial charge in [0.25, 0.3) is 0 Å². The van der Waals surface area contributed by atoms with E-state index in [1.165, 1.54) is 12.8 Å². The number of carbonyl (C=O) groups is 2. The minimum atomic E-state index is -0.259. The molecule has 1 heterocycles. The van der Waals surface area contributed by atoms with Crippen LogP contribution in [0.1, 0.15) is 44.1 Å². The molecule has 1 saturated carbocycles. The van der Waals surface area contributed by atoms with Crippen LogP contribution in [0.3, 0.4) is 0 Å². The van der Waals surface area contributed by atoms with Crippen LogP contribution in [0.2, 0.25) is 5.02 Å². The van der Waals surface area contributed by atoms with E-state index in [2.05, 4.69) is 15.5 Å². The molecule has 1 saturated heterocycles. The van der Waals surface area contributed by atoms with Crippen molar-refractivity contribution < 1.29 is 14.3 Å². The lowest BCUT2D eigenvalue weighted by Gasteiger charge is -2.30. The molecule has 28 heavy (non-hydrogen) atoms. The van der Waals surface area contributed by atoms with Crippen LogP contribution < -0.4 is 10.6 Å². The van der Waals surface area contributed by atoms with Crippen LogP contribution >= 0.6 is 11.6 Å². The Morgan fingerprint density at radius 3 is 2.68 bits per heavy atom. The minimum Gasteiger partial charge on any atom is -0.377 e. The van der Waals surface area contributed by atoms with Crippen molar-refractivity contribution in [1.29, 1.82) is 0 Å². The van der Waals surface area contributed by atoms with Crippen molar-refractivity contribution in [3.63, 3.8) is 0 Å². The van der Waals surface area contributed by atoms with Crippen LogP contribution in [-0.4, -0.2) is 55.1 Å². The molecule has 0 radical (unpaired) electrons. The van der Waals surface area contributed by atoms with Crippen molar-refractivity contribution in [1.82, 2.24) is 10.2 Å². The summed E-state index contributed by atoms with van der Waals surface area (Å²) in [5.74, 6) is -0.381. The number of hydrogen-bond donors (Lipinski definition) is 2. The van der Waals surface area contributed by atoms with Crippen molar-refractivity contribution in [2.24, 2.45) is 0 Å². The molecule has 2 amide bonds. The Hall–Kier alpha value is -1.63. The van der Waals surface area contributed by atoms with E-state index in [-0.39, 0.29) is 24.5 Å². The minimum absolute atomic E-state index is 0.0524. The van der Waals surface area contributed by atoms with Crippen LogP contribution in [0.5, 0.6) is 0 Å². The zero-order valence-electron chi connectivity index (χ0n) is 16.5. The van der Waals surface area contributed by atoms with Gasteiger partial charge in [0.1, 0.15) is 0 Å². The molecule has 0 bridgehead atoms. The average Bonchev–Trinajstić information content (AvgIpc) is 3.37. The molecule has 0 spiro atoms. The molecule has 1 atom stereocenters. The van der Waals surface area contributed by atoms with Gasteiger partial charge in [0, 0.05) is 29.9 Å². The first kappa shape index (κ1) is 21.1. The third kappa shape index (κ3) is 5.93. The molecule has 1 aliphatic heterocycles. The first-order chi connectivity index (χ1) is 13.5. The fraction of sp³-hybridized carbons (Fsp3) is 0.619. The standard InChI is InChI=1S/C21H30ClN3O3/c1-15-18(22)9-4-10-19(15)24-20(26)12-23-21(27)14-25(16-6-2-3-7-16)13-17-8-5-11-28-17/h4,9-10,16-17H,2-3,5-8,11-14H2,1H3,(H,23,27)(H,24,26). The van der Waals surface area contributed by atoms with Gasteiger partial charge in [-0.1, -0.05) is 30.5 Å². The Morgan fingerprint density at radius 1 is 1.18 bits per heavy atom. The lowest BCUT2D eigenvalue weighted by molar-refractivity contribution is -0.125. The largest absolute Gasteiger partial charge is 0.377 e. The highest BCUT2D eigenvalue weighted by molar-refractivity contribution is 6.31. The van der Waals surface area contributed by atoms with Gasteiger partial charge in [-0.15, -0.1) is 0 Å². The second kappa shape index (κ2) is 10.2. The molecule has 0 aromatic heterocycles. The maximum absolute atomic E-state index is 12.5. The number of carbonyl (C=O) groups excluding carboxylic acids is 2. The number of hydrogen-bond acceptors (Lipinski definition) is 4. The number of ether oxygens (including phenoxy) is 1. The first-order valence-electron chi connectivity index (χ1n) is 10.2. The molecule has 1 aromatic carbocycles. The molecule has 154 valence electrons. The van der Waals surface area contributed by atoms with Crippen LogP contribution in [0.15, 0.2) is 18.2 Å². The molecule has 1 unspecified atom stereocenters. The molecule has 7 heteroatoms. The lowest BCUT2D eigenvalue weighted by Crippen LogP contribution is -2.46. The summed E-state index contributed by atoms with van der Waals surface area (Å²) in [6.07, 6.45) is 7.08. The molecule has 3 rings (SSSR count). The van der Waals surface area contributed by atoms with Gasteiger partial charge in [-0.3, -0.25) is 14.5 Å². The quantitative estimate of drug-likeness (QED) is 0.694. The SMILES string of the molecule is Cc1c(Cl)cccc1NC(=O)CNC(=O)CN(CC1CCCO1)C1CCCC1. The fourth-order valence-corrected chi connectivity index (χ4v) is 4.19. The highest BCUT2D eigenvalue weighted by atomic mass is 35.5. The first-order valence-corrected chi connectivity index (χ1v) is 10.6. The van der Waals surface area contributed by atoms with Gasteiger partial charge in [-0.25, -0.2) is 0 Å². The van der Waals surface area contributed by atoms with Gasteiger partial charge in [0.15, 0.2) is 0 Å². The van der Waals surface area contributed by atoms with Gasteiger partial charge >= 0.3 is 0 Å². The van der Waals surface area contributed by atoms with E-state index in [1.54, 1.807) is 18.2 Å². The van der Waals surface area contributed by atoms with Crippen molar-refractivity contribution in [2.45, 2.75) is 57.6 Å². The Bertz CT molecular complexity index is 685. The van der Waals surface area contributed by atoms with Gasteiger partial charge in [0.05, 0.1) is 19.2 Å². The summed E-state index contributed by atoms with van der Waals surface area (Å²) >= 11 is 6.08. The summed E-state index contributed by atoms with van der Waals surface area (Å²) < 4.78 is 5.76. The predicted molar refractivity (Wildman–Crippen MR) is 111 cm³/mol. The number of nitrogens with one attached hydrogen (secondary N) is 2. The van der Waals surface area contributed by atoms with E-state index >= 15 is 0 Å². The zero-order valence-corrected chi connectivity index (χ0v) is 17.3. The van der Waals surface area contributed by atoms with Gasteiger partial charge in [0.2, 0.25) is 11.8 Å². The maximum Gasteiger partial charge on any atom is 0.243 e. The van der Waals surface area contributed by atoms with E-state index in [0.717, 1.165) is 44.4 Å². The van der Waals surface area contributed by atoms with E-state index in [4.69, 9.17) is 16.3 Å². The molecule has 2 aliphatic rings. The van der Waals surface area contributed by atoms with Crippen LogP contribution in [-0.2, 0) is 14.3 Å². The van der Waals surface area contributed by atoms with Crippen LogP contribution in [0, 0.1) is 6.92 Å². The summed E-state index contributed by atoms with van der Waals surface area (Å²) in [6, 6.07) is 5.80. The molecule has 6 nitrogen and oxygen atoms in total. The average molecular weight is 408 g/mol. The molecular formula is C21H30ClN3O3. The highest BCUT2D eigenvalue weighted by Gasteiger charge is 2.28. The second-order valence-electron chi connectivity index (χ2n) is 7.74. The molecular weight excluding hydrogens is 378 g/mol. The summed E-state index contributed by atoms with van der Waals surface area (Å²) in [6.45, 7) is 3.72. The monoisotopic (exact) mass is 407 g/mol. The summed E-state index contributed by atoms with van der Waals surface area (Å²) in [5, 5.41) is 6.15. The number of anilines is 1. The van der Waals surface area contributed by atoms with Crippen molar-refractivity contribution in [3.05, 3.63) is 28.8 Å². The van der Waals surface area contributed by atoms with Crippen LogP contribution in [0.25, 0.3) is 0 Å². The predicted octanol–water partition coefficient (Wildman–Crippen LogP) is 3.13. The highest BCUT2D eigenvalue weighted by Crippen LogP contribution is 2.25. The molecule has 1 aliphatic carbocycles. The third-order valence-corrected chi connectivity index (χ3v) is 6.05. The number of nitrogens with zero attached hydrogens (tertiary/aromatic N) is 1. The number of amides is 2. The van der Waals surface area contributed by atoms with Gasteiger partial charge < -0.3 is 15.4 Å². The summed E-state index contributed by atoms with van der Waals surface area (Å²) in [7, 11) is 0. The van der Waals surface area contributed by atoms with Crippen molar-refractivity contribution in [2.75, 3.05) is 31.6 Å². The van der Waals surface area contributed by atoms with E-state index in [9.17, 15) is 9.59 Å². The zero-order chi connectivity index (χ0) is 19.9. The van der Waals surface area contributed by atoms with Gasteiger partial charge in [-0.2, -0.15) is 0 Å². The van der Waals surface area contributed by atoms with E-state index in [1.807, 2.05) is 6.92 Å². The maximum atomic E-state index is 12.5. The van der Waals surface area contributed by atoms with Crippen LogP contribution in [0.4, 0.5) is 5.69 Å². The number of rotatable bonds is 8. The normalized spacial score (nSPS) is 19.9. The van der Waals surface area contributed by atoms with Crippen molar-refractivity contribution >= 4 is 29.1 Å². The fourth-order valence-electron chi connectivity index (χ4n) is 4.02. The Morgan fingerprint density at radius 2 is 1.96 bits per heavy atom. The number of halogens is 1. The summed E-state index contributed by atoms with van der Waals surface area (Å²) in [4.78, 5) is 26.9. The van der Waals surface area contributed by atoms with E-state index < -0.39 is 0 Å². The molecule has 1 aromatic rings. The smallest absolute Gasteiger partial charge is 0.243 e. The summed E-state index contributed by atoms with van der Waals surface area (Å²) in [5.41, 5.74) is 1.48. The Balaban J connectivity index is 1.48.